The minimum Gasteiger partial charge on any atom is -0.507 e. The van der Waals surface area contributed by atoms with Gasteiger partial charge in [0.1, 0.15) is 11.3 Å². The van der Waals surface area contributed by atoms with Gasteiger partial charge in [-0.05, 0) is 37.3 Å². The number of phenols is 1. The Morgan fingerprint density at radius 1 is 1.24 bits per heavy atom. The lowest BCUT2D eigenvalue weighted by atomic mass is 9.85. The highest BCUT2D eigenvalue weighted by Gasteiger charge is 2.24. The molecule has 4 nitrogen and oxygen atoms in total. The molecular weight excluding hydrogens is 266 g/mol. The fourth-order valence-electron chi connectivity index (χ4n) is 3.80. The number of aryl methyl sites for hydroxylation is 2. The van der Waals surface area contributed by atoms with Crippen molar-refractivity contribution in [3.05, 3.63) is 29.0 Å². The van der Waals surface area contributed by atoms with Crippen molar-refractivity contribution in [2.24, 2.45) is 7.05 Å². The van der Waals surface area contributed by atoms with Crippen LogP contribution < -0.4 is 0 Å². The van der Waals surface area contributed by atoms with Crippen LogP contribution in [0.5, 0.6) is 5.75 Å². The summed E-state index contributed by atoms with van der Waals surface area (Å²) in [6.07, 6.45) is 6.23. The average molecular weight is 287 g/mol. The standard InChI is InChI=1S/C17H21NO3/c1-10-12-8-13(17(20)21)15(19)9-14(12)18(2)16(10)11-6-4-3-5-7-11/h8-9,11,19H,3-7H2,1-2H3,(H,20,21). The lowest BCUT2D eigenvalue weighted by Gasteiger charge is -2.23. The van der Waals surface area contributed by atoms with Gasteiger partial charge in [0.25, 0.3) is 0 Å². The number of hydrogen-bond acceptors (Lipinski definition) is 2. The molecule has 0 amide bonds. The van der Waals surface area contributed by atoms with Gasteiger partial charge in [0.2, 0.25) is 0 Å². The number of benzene rings is 1. The summed E-state index contributed by atoms with van der Waals surface area (Å²) in [6, 6.07) is 3.19. The maximum atomic E-state index is 11.2. The maximum Gasteiger partial charge on any atom is 0.339 e. The summed E-state index contributed by atoms with van der Waals surface area (Å²) in [4.78, 5) is 11.2. The molecule has 0 saturated heterocycles. The van der Waals surface area contributed by atoms with E-state index in [0.29, 0.717) is 5.92 Å². The first-order valence-electron chi connectivity index (χ1n) is 7.56. The zero-order chi connectivity index (χ0) is 15.1. The Hall–Kier alpha value is -1.97. The van der Waals surface area contributed by atoms with Gasteiger partial charge < -0.3 is 14.8 Å². The van der Waals surface area contributed by atoms with Crippen LogP contribution in [0, 0.1) is 6.92 Å². The molecule has 4 heteroatoms. The topological polar surface area (TPSA) is 62.5 Å². The summed E-state index contributed by atoms with van der Waals surface area (Å²) in [7, 11) is 2.01. The van der Waals surface area contributed by atoms with Crippen molar-refractivity contribution in [2.45, 2.75) is 44.9 Å². The van der Waals surface area contributed by atoms with Gasteiger partial charge in [-0.25, -0.2) is 4.79 Å². The second kappa shape index (κ2) is 5.10. The van der Waals surface area contributed by atoms with Crippen molar-refractivity contribution in [1.29, 1.82) is 0 Å². The lowest BCUT2D eigenvalue weighted by Crippen LogP contribution is -2.09. The zero-order valence-electron chi connectivity index (χ0n) is 12.5. The molecule has 0 atom stereocenters. The number of aromatic nitrogens is 1. The summed E-state index contributed by atoms with van der Waals surface area (Å²) in [5, 5.41) is 20.0. The molecule has 0 aliphatic heterocycles. The third-order valence-corrected chi connectivity index (χ3v) is 4.85. The molecular formula is C17H21NO3. The van der Waals surface area contributed by atoms with Crippen LogP contribution in [0.2, 0.25) is 0 Å². The van der Waals surface area contributed by atoms with Crippen molar-refractivity contribution < 1.29 is 15.0 Å². The number of hydrogen-bond donors (Lipinski definition) is 2. The molecule has 21 heavy (non-hydrogen) atoms. The Labute approximate surface area is 124 Å². The third-order valence-electron chi connectivity index (χ3n) is 4.85. The van der Waals surface area contributed by atoms with E-state index in [1.807, 2.05) is 7.05 Å². The van der Waals surface area contributed by atoms with E-state index >= 15 is 0 Å². The highest BCUT2D eigenvalue weighted by Crippen LogP contribution is 2.39. The van der Waals surface area contributed by atoms with Crippen molar-refractivity contribution in [3.8, 4) is 5.75 Å². The number of nitrogens with zero attached hydrogens (tertiary/aromatic N) is 1. The Morgan fingerprint density at radius 3 is 2.52 bits per heavy atom. The summed E-state index contributed by atoms with van der Waals surface area (Å²) in [5.74, 6) is -0.700. The number of fused-ring (bicyclic) bond motifs is 1. The van der Waals surface area contributed by atoms with E-state index in [2.05, 4.69) is 11.5 Å². The second-order valence-electron chi connectivity index (χ2n) is 6.10. The van der Waals surface area contributed by atoms with Crippen LogP contribution in [0.1, 0.15) is 59.6 Å². The Morgan fingerprint density at radius 2 is 1.90 bits per heavy atom. The highest BCUT2D eigenvalue weighted by molar-refractivity contribution is 5.98. The van der Waals surface area contributed by atoms with Gasteiger partial charge in [-0.2, -0.15) is 0 Å². The first kappa shape index (κ1) is 14.0. The van der Waals surface area contributed by atoms with E-state index in [9.17, 15) is 15.0 Å². The van der Waals surface area contributed by atoms with Crippen LogP contribution in [-0.4, -0.2) is 20.7 Å². The van der Waals surface area contributed by atoms with Crippen molar-refractivity contribution in [2.75, 3.05) is 0 Å². The van der Waals surface area contributed by atoms with Gasteiger partial charge in [0.15, 0.2) is 0 Å². The quantitative estimate of drug-likeness (QED) is 0.879. The first-order valence-corrected chi connectivity index (χ1v) is 7.56. The molecule has 1 aliphatic carbocycles. The van der Waals surface area contributed by atoms with Crippen LogP contribution in [0.15, 0.2) is 12.1 Å². The van der Waals surface area contributed by atoms with E-state index in [-0.39, 0.29) is 11.3 Å². The zero-order valence-corrected chi connectivity index (χ0v) is 12.5. The van der Waals surface area contributed by atoms with Crippen molar-refractivity contribution in [3.63, 3.8) is 0 Å². The van der Waals surface area contributed by atoms with Crippen molar-refractivity contribution in [1.82, 2.24) is 4.57 Å². The largest absolute Gasteiger partial charge is 0.507 e. The van der Waals surface area contributed by atoms with Gasteiger partial charge in [0, 0.05) is 24.2 Å². The molecule has 1 aliphatic rings. The summed E-state index contributed by atoms with van der Waals surface area (Å²) < 4.78 is 2.13. The fourth-order valence-corrected chi connectivity index (χ4v) is 3.80. The van der Waals surface area contributed by atoms with E-state index in [1.54, 1.807) is 12.1 Å². The summed E-state index contributed by atoms with van der Waals surface area (Å²) in [5.41, 5.74) is 3.34. The predicted octanol–water partition coefficient (Wildman–Crippen LogP) is 3.94. The summed E-state index contributed by atoms with van der Waals surface area (Å²) >= 11 is 0. The van der Waals surface area contributed by atoms with Gasteiger partial charge in [-0.15, -0.1) is 0 Å². The lowest BCUT2D eigenvalue weighted by molar-refractivity contribution is 0.0694. The molecule has 1 aromatic heterocycles. The van der Waals surface area contributed by atoms with Crippen LogP contribution in [0.3, 0.4) is 0 Å². The van der Waals surface area contributed by atoms with Gasteiger partial charge in [0.05, 0.1) is 5.52 Å². The number of rotatable bonds is 2. The van der Waals surface area contributed by atoms with Gasteiger partial charge in [-0.1, -0.05) is 19.3 Å². The van der Waals surface area contributed by atoms with E-state index in [0.717, 1.165) is 16.5 Å². The number of carbonyl (C=O) groups is 1. The third kappa shape index (κ3) is 2.19. The Balaban J connectivity index is 2.20. The molecule has 1 fully saturated rings. The first-order chi connectivity index (χ1) is 10.0. The van der Waals surface area contributed by atoms with Gasteiger partial charge >= 0.3 is 5.97 Å². The van der Waals surface area contributed by atoms with Crippen LogP contribution in [0.25, 0.3) is 10.9 Å². The fraction of sp³-hybridized carbons (Fsp3) is 0.471. The average Bonchev–Trinajstić information content (AvgIpc) is 2.70. The molecule has 0 bridgehead atoms. The molecule has 1 saturated carbocycles. The molecule has 1 heterocycles. The van der Waals surface area contributed by atoms with Crippen LogP contribution >= 0.6 is 0 Å². The maximum absolute atomic E-state index is 11.2. The molecule has 0 spiro atoms. The molecule has 2 N–H and O–H groups in total. The number of carboxylic acid groups (broad SMARTS) is 1. The minimum atomic E-state index is -1.09. The SMILES string of the molecule is Cc1c(C2CCCCC2)n(C)c2cc(O)c(C(=O)O)cc12. The molecule has 0 radical (unpaired) electrons. The van der Waals surface area contributed by atoms with Crippen LogP contribution in [-0.2, 0) is 7.05 Å². The monoisotopic (exact) mass is 287 g/mol. The molecule has 1 aromatic carbocycles. The normalized spacial score (nSPS) is 16.5. The van der Waals surface area contributed by atoms with Crippen LogP contribution in [0.4, 0.5) is 0 Å². The van der Waals surface area contributed by atoms with E-state index < -0.39 is 5.97 Å². The second-order valence-corrected chi connectivity index (χ2v) is 6.10. The van der Waals surface area contributed by atoms with E-state index in [1.165, 1.54) is 37.8 Å². The molecule has 2 aromatic rings. The smallest absolute Gasteiger partial charge is 0.339 e. The molecule has 0 unspecified atom stereocenters. The molecule has 3 rings (SSSR count). The highest BCUT2D eigenvalue weighted by atomic mass is 16.4. The number of aromatic hydroxyl groups is 1. The van der Waals surface area contributed by atoms with E-state index in [4.69, 9.17) is 0 Å². The Bertz CT molecular complexity index is 709. The molecule has 112 valence electrons. The minimum absolute atomic E-state index is 0.0219. The number of aromatic carboxylic acids is 1. The predicted molar refractivity (Wildman–Crippen MR) is 82.1 cm³/mol. The van der Waals surface area contributed by atoms with Crippen molar-refractivity contribution >= 4 is 16.9 Å². The Kier molecular flexibility index (Phi) is 3.40. The number of carboxylic acids is 1. The van der Waals surface area contributed by atoms with Gasteiger partial charge in [-0.3, -0.25) is 0 Å². The summed E-state index contributed by atoms with van der Waals surface area (Å²) in [6.45, 7) is 2.06.